The molecule has 31 heavy (non-hydrogen) atoms. The van der Waals surface area contributed by atoms with Crippen molar-refractivity contribution in [3.8, 4) is 16.8 Å². The lowest BCUT2D eigenvalue weighted by atomic mass is 10.0. The minimum Gasteiger partial charge on any atom is -0.350 e. The molecule has 0 spiro atoms. The Labute approximate surface area is 183 Å². The van der Waals surface area contributed by atoms with E-state index in [2.05, 4.69) is 15.5 Å². The molecule has 156 valence electrons. The summed E-state index contributed by atoms with van der Waals surface area (Å²) in [6.45, 7) is 2.49. The molecule has 0 atom stereocenters. The molecule has 0 aliphatic heterocycles. The maximum atomic E-state index is 12.4. The summed E-state index contributed by atoms with van der Waals surface area (Å²) in [6.07, 6.45) is 4.10. The van der Waals surface area contributed by atoms with Crippen molar-refractivity contribution in [2.24, 2.45) is 5.92 Å². The molecule has 0 saturated heterocycles. The van der Waals surface area contributed by atoms with E-state index < -0.39 is 0 Å². The van der Waals surface area contributed by atoms with Gasteiger partial charge in [0.15, 0.2) is 5.69 Å². The van der Waals surface area contributed by atoms with Crippen molar-refractivity contribution in [3.05, 3.63) is 81.4 Å². The lowest BCUT2D eigenvalue weighted by Crippen LogP contribution is -2.26. The van der Waals surface area contributed by atoms with Crippen molar-refractivity contribution in [3.63, 3.8) is 0 Å². The van der Waals surface area contributed by atoms with Crippen molar-refractivity contribution >= 4 is 28.4 Å². The summed E-state index contributed by atoms with van der Waals surface area (Å²) >= 11 is 6.58. The van der Waals surface area contributed by atoms with Crippen LogP contribution in [0.3, 0.4) is 0 Å². The number of hydrogen-bond donors (Lipinski definition) is 2. The lowest BCUT2D eigenvalue weighted by molar-refractivity contribution is 0.0948. The Morgan fingerprint density at radius 1 is 1.23 bits per heavy atom. The molecule has 2 N–H and O–H groups in total. The fourth-order valence-electron chi connectivity index (χ4n) is 3.70. The Kier molecular flexibility index (Phi) is 4.87. The molecule has 6 nitrogen and oxygen atoms in total. The van der Waals surface area contributed by atoms with Crippen LogP contribution in [0.1, 0.15) is 28.9 Å². The number of aromatic amines is 1. The quantitative estimate of drug-likeness (QED) is 0.488. The van der Waals surface area contributed by atoms with E-state index >= 15 is 0 Å². The molecule has 0 radical (unpaired) electrons. The highest BCUT2D eigenvalue weighted by Crippen LogP contribution is 2.32. The zero-order valence-corrected chi connectivity index (χ0v) is 17.7. The second kappa shape index (κ2) is 7.71. The van der Waals surface area contributed by atoms with Gasteiger partial charge in [0.05, 0.1) is 16.2 Å². The second-order valence-corrected chi connectivity index (χ2v) is 8.42. The van der Waals surface area contributed by atoms with Gasteiger partial charge in [-0.2, -0.15) is 5.10 Å². The van der Waals surface area contributed by atoms with Gasteiger partial charge in [-0.05, 0) is 61.6 Å². The van der Waals surface area contributed by atoms with E-state index in [0.29, 0.717) is 34.4 Å². The SMILES string of the molecule is Cc1cccn(-c2ccc(-c3ccc4c(C(=O)NCC5CC5)n[nH]c4c3)c(Cl)c2)c1=O. The maximum Gasteiger partial charge on any atom is 0.272 e. The average molecular weight is 433 g/mol. The minimum atomic E-state index is -0.156. The number of pyridine rings is 1. The van der Waals surface area contributed by atoms with Crippen molar-refractivity contribution in [2.45, 2.75) is 19.8 Å². The normalized spacial score (nSPS) is 13.5. The molecule has 2 aromatic carbocycles. The third-order valence-electron chi connectivity index (χ3n) is 5.71. The third kappa shape index (κ3) is 3.75. The van der Waals surface area contributed by atoms with Gasteiger partial charge in [-0.1, -0.05) is 29.8 Å². The zero-order valence-electron chi connectivity index (χ0n) is 17.0. The number of amides is 1. The van der Waals surface area contributed by atoms with Crippen molar-refractivity contribution in [2.75, 3.05) is 6.54 Å². The second-order valence-electron chi connectivity index (χ2n) is 8.02. The van der Waals surface area contributed by atoms with E-state index in [4.69, 9.17) is 11.6 Å². The zero-order chi connectivity index (χ0) is 21.5. The Morgan fingerprint density at radius 3 is 2.84 bits per heavy atom. The van der Waals surface area contributed by atoms with E-state index in [9.17, 15) is 9.59 Å². The Balaban J connectivity index is 1.46. The van der Waals surface area contributed by atoms with Gasteiger partial charge in [0, 0.05) is 29.3 Å². The van der Waals surface area contributed by atoms with Gasteiger partial charge in [-0.15, -0.1) is 0 Å². The fourth-order valence-corrected chi connectivity index (χ4v) is 3.98. The first-order chi connectivity index (χ1) is 15.0. The molecule has 4 aromatic rings. The van der Waals surface area contributed by atoms with Gasteiger partial charge in [0.1, 0.15) is 0 Å². The molecule has 1 amide bonds. The number of fused-ring (bicyclic) bond motifs is 1. The Morgan fingerprint density at radius 2 is 2.06 bits per heavy atom. The number of nitrogens with one attached hydrogen (secondary N) is 2. The lowest BCUT2D eigenvalue weighted by Gasteiger charge is -2.10. The number of carbonyl (C=O) groups excluding carboxylic acids is 1. The van der Waals surface area contributed by atoms with Gasteiger partial charge >= 0.3 is 0 Å². The van der Waals surface area contributed by atoms with Gasteiger partial charge in [-0.25, -0.2) is 0 Å². The molecule has 2 heterocycles. The average Bonchev–Trinajstić information content (AvgIpc) is 3.50. The summed E-state index contributed by atoms with van der Waals surface area (Å²) < 4.78 is 1.58. The molecule has 1 aliphatic carbocycles. The first-order valence-electron chi connectivity index (χ1n) is 10.3. The summed E-state index contributed by atoms with van der Waals surface area (Å²) in [5.74, 6) is 0.457. The largest absolute Gasteiger partial charge is 0.350 e. The molecule has 0 bridgehead atoms. The number of halogens is 1. The fraction of sp³-hybridized carbons (Fsp3) is 0.208. The predicted molar refractivity (Wildman–Crippen MR) is 122 cm³/mol. The highest BCUT2D eigenvalue weighted by atomic mass is 35.5. The number of nitrogens with zero attached hydrogens (tertiary/aromatic N) is 2. The summed E-state index contributed by atoms with van der Waals surface area (Å²) in [5, 5.41) is 11.4. The topological polar surface area (TPSA) is 79.8 Å². The Hall–Kier alpha value is -3.38. The van der Waals surface area contributed by atoms with E-state index in [-0.39, 0.29) is 11.5 Å². The van der Waals surface area contributed by atoms with Gasteiger partial charge in [-0.3, -0.25) is 19.3 Å². The van der Waals surface area contributed by atoms with Crippen LogP contribution in [-0.4, -0.2) is 27.2 Å². The molecule has 0 unspecified atom stereocenters. The number of carbonyl (C=O) groups is 1. The predicted octanol–water partition coefficient (Wildman–Crippen LogP) is 4.48. The van der Waals surface area contributed by atoms with Gasteiger partial charge in [0.25, 0.3) is 11.5 Å². The summed E-state index contributed by atoms with van der Waals surface area (Å²) in [5.41, 5.74) is 4.21. The number of aromatic nitrogens is 3. The van der Waals surface area contributed by atoms with Gasteiger partial charge < -0.3 is 5.32 Å². The van der Waals surface area contributed by atoms with E-state index in [1.807, 2.05) is 36.4 Å². The molecule has 7 heteroatoms. The molecule has 1 saturated carbocycles. The van der Waals surface area contributed by atoms with E-state index in [1.54, 1.807) is 29.8 Å². The minimum absolute atomic E-state index is 0.0716. The van der Waals surface area contributed by atoms with Gasteiger partial charge in [0.2, 0.25) is 0 Å². The van der Waals surface area contributed by atoms with Crippen LogP contribution in [-0.2, 0) is 0 Å². The van der Waals surface area contributed by atoms with Crippen molar-refractivity contribution < 1.29 is 4.79 Å². The summed E-state index contributed by atoms with van der Waals surface area (Å²) in [7, 11) is 0. The number of hydrogen-bond acceptors (Lipinski definition) is 3. The molecule has 1 aliphatic rings. The van der Waals surface area contributed by atoms with Crippen molar-refractivity contribution in [1.82, 2.24) is 20.1 Å². The Bertz CT molecular complexity index is 1370. The maximum absolute atomic E-state index is 12.4. The van der Waals surface area contributed by atoms with Crippen LogP contribution in [0.15, 0.2) is 59.5 Å². The molecule has 5 rings (SSSR count). The van der Waals surface area contributed by atoms with Crippen LogP contribution in [0.2, 0.25) is 5.02 Å². The van der Waals surface area contributed by atoms with Crippen LogP contribution < -0.4 is 10.9 Å². The standard InChI is InChI=1S/C24H21ClN4O2/c1-14-3-2-10-29(24(14)31)17-7-9-18(20(25)12-17)16-6-8-19-21(11-16)27-28-22(19)23(30)26-13-15-4-5-15/h2-3,6-12,15H,4-5,13H2,1H3,(H,26,30)(H,27,28). The van der Waals surface area contributed by atoms with E-state index in [0.717, 1.165) is 22.0 Å². The van der Waals surface area contributed by atoms with Crippen LogP contribution in [0, 0.1) is 12.8 Å². The molecular formula is C24H21ClN4O2. The highest BCUT2D eigenvalue weighted by molar-refractivity contribution is 6.33. The van der Waals surface area contributed by atoms with Crippen LogP contribution in [0.4, 0.5) is 0 Å². The number of rotatable bonds is 5. The van der Waals surface area contributed by atoms with Crippen LogP contribution in [0.25, 0.3) is 27.7 Å². The molecule has 1 fully saturated rings. The first kappa shape index (κ1) is 19.6. The number of benzene rings is 2. The monoisotopic (exact) mass is 432 g/mol. The van der Waals surface area contributed by atoms with E-state index in [1.165, 1.54) is 12.8 Å². The smallest absolute Gasteiger partial charge is 0.272 e. The first-order valence-corrected chi connectivity index (χ1v) is 10.6. The van der Waals surface area contributed by atoms with Crippen LogP contribution in [0.5, 0.6) is 0 Å². The summed E-state index contributed by atoms with van der Waals surface area (Å²) in [4.78, 5) is 24.8. The van der Waals surface area contributed by atoms with Crippen LogP contribution >= 0.6 is 11.6 Å². The molecular weight excluding hydrogens is 412 g/mol. The number of H-pyrrole nitrogens is 1. The molecule has 2 aromatic heterocycles. The number of aryl methyl sites for hydroxylation is 1. The van der Waals surface area contributed by atoms with Crippen molar-refractivity contribution in [1.29, 1.82) is 0 Å². The highest BCUT2D eigenvalue weighted by Gasteiger charge is 2.23. The summed E-state index contributed by atoms with van der Waals surface area (Å²) in [6, 6.07) is 14.9. The third-order valence-corrected chi connectivity index (χ3v) is 6.02.